The van der Waals surface area contributed by atoms with Gasteiger partial charge in [-0.05, 0) is 13.6 Å². The van der Waals surface area contributed by atoms with Crippen LogP contribution in [0.3, 0.4) is 0 Å². The molecule has 2 nitrogen and oxygen atoms in total. The Morgan fingerprint density at radius 1 is 1.75 bits per heavy atom. The van der Waals surface area contributed by atoms with Gasteiger partial charge in [-0.1, -0.05) is 6.92 Å². The van der Waals surface area contributed by atoms with Crippen molar-refractivity contribution in [3.63, 3.8) is 0 Å². The van der Waals surface area contributed by atoms with Crippen LogP contribution in [0.4, 0.5) is 0 Å². The van der Waals surface area contributed by atoms with Crippen LogP contribution in [0.25, 0.3) is 0 Å². The Kier molecular flexibility index (Phi) is 1.86. The summed E-state index contributed by atoms with van der Waals surface area (Å²) in [6, 6.07) is 0. The van der Waals surface area contributed by atoms with Crippen molar-refractivity contribution >= 4 is 0 Å². The van der Waals surface area contributed by atoms with Gasteiger partial charge < -0.3 is 9.64 Å². The van der Waals surface area contributed by atoms with Crippen molar-refractivity contribution in [2.24, 2.45) is 0 Å². The first-order valence-electron chi connectivity index (χ1n) is 3.13. The van der Waals surface area contributed by atoms with E-state index in [2.05, 4.69) is 18.9 Å². The van der Waals surface area contributed by atoms with E-state index in [0.717, 1.165) is 19.7 Å². The smallest absolute Gasteiger partial charge is 0.0936 e. The summed E-state index contributed by atoms with van der Waals surface area (Å²) in [4.78, 5) is 2.26. The fraction of sp³-hybridized carbons (Fsp3) is 1.00. The lowest BCUT2D eigenvalue weighted by atomic mass is 10.4. The van der Waals surface area contributed by atoms with Crippen molar-refractivity contribution in [3.05, 3.63) is 0 Å². The minimum atomic E-state index is 0.556. The maximum absolute atomic E-state index is 5.04. The summed E-state index contributed by atoms with van der Waals surface area (Å²) >= 11 is 0. The van der Waals surface area contributed by atoms with E-state index in [0.29, 0.717) is 6.10 Å². The third-order valence-corrected chi connectivity index (χ3v) is 1.46. The first kappa shape index (κ1) is 6.05. The lowest BCUT2D eigenvalue weighted by Crippen LogP contribution is -2.22. The van der Waals surface area contributed by atoms with Crippen molar-refractivity contribution in [2.75, 3.05) is 26.7 Å². The lowest BCUT2D eigenvalue weighted by molar-refractivity contribution is 0.295. The molecule has 0 amide bonds. The van der Waals surface area contributed by atoms with Gasteiger partial charge in [-0.3, -0.25) is 0 Å². The third kappa shape index (κ3) is 1.80. The van der Waals surface area contributed by atoms with Crippen molar-refractivity contribution < 1.29 is 4.74 Å². The van der Waals surface area contributed by atoms with E-state index in [1.54, 1.807) is 0 Å². The Labute approximate surface area is 50.4 Å². The molecule has 0 N–H and O–H groups in total. The molecule has 1 unspecified atom stereocenters. The van der Waals surface area contributed by atoms with Crippen LogP contribution in [0.15, 0.2) is 0 Å². The first-order chi connectivity index (χ1) is 3.83. The van der Waals surface area contributed by atoms with Crippen molar-refractivity contribution in [3.8, 4) is 0 Å². The summed E-state index contributed by atoms with van der Waals surface area (Å²) in [6.07, 6.45) is 0.556. The van der Waals surface area contributed by atoms with Crippen LogP contribution in [-0.4, -0.2) is 37.7 Å². The molecule has 1 atom stereocenters. The summed E-state index contributed by atoms with van der Waals surface area (Å²) in [5, 5.41) is 0. The summed E-state index contributed by atoms with van der Waals surface area (Å²) < 4.78 is 5.04. The molecular formula is C6H13NO. The molecule has 1 rings (SSSR count). The molecule has 1 fully saturated rings. The molecular weight excluding hydrogens is 102 g/mol. The quantitative estimate of drug-likeness (QED) is 0.493. The highest BCUT2D eigenvalue weighted by molar-refractivity contribution is 4.71. The van der Waals surface area contributed by atoms with Gasteiger partial charge in [0.1, 0.15) is 0 Å². The van der Waals surface area contributed by atoms with Gasteiger partial charge >= 0.3 is 0 Å². The second kappa shape index (κ2) is 2.46. The van der Waals surface area contributed by atoms with Crippen LogP contribution in [0.1, 0.15) is 6.92 Å². The summed E-state index contributed by atoms with van der Waals surface area (Å²) in [5.74, 6) is 0. The molecule has 1 aliphatic rings. The number of epoxide rings is 1. The second-order valence-corrected chi connectivity index (χ2v) is 2.31. The zero-order chi connectivity index (χ0) is 5.98. The highest BCUT2D eigenvalue weighted by Crippen LogP contribution is 2.08. The predicted octanol–water partition coefficient (Wildman–Crippen LogP) is 0.337. The zero-order valence-corrected chi connectivity index (χ0v) is 5.55. The fourth-order valence-electron chi connectivity index (χ4n) is 0.650. The Hall–Kier alpha value is -0.0800. The number of rotatable bonds is 3. The van der Waals surface area contributed by atoms with Crippen molar-refractivity contribution in [2.45, 2.75) is 13.0 Å². The normalized spacial score (nSPS) is 26.6. The molecule has 1 saturated heterocycles. The SMILES string of the molecule is CCN(C)CC1CO1. The lowest BCUT2D eigenvalue weighted by Gasteiger charge is -2.09. The third-order valence-electron chi connectivity index (χ3n) is 1.46. The Bertz CT molecular complexity index is 70.9. The minimum absolute atomic E-state index is 0.556. The molecule has 48 valence electrons. The number of hydrogen-bond donors (Lipinski definition) is 0. The molecule has 8 heavy (non-hydrogen) atoms. The topological polar surface area (TPSA) is 15.8 Å². The van der Waals surface area contributed by atoms with Gasteiger partial charge in [0, 0.05) is 6.54 Å². The van der Waals surface area contributed by atoms with Crippen LogP contribution in [0, 0.1) is 0 Å². The Balaban J connectivity index is 1.98. The Morgan fingerprint density at radius 3 is 2.75 bits per heavy atom. The van der Waals surface area contributed by atoms with Crippen LogP contribution in [-0.2, 0) is 4.74 Å². The standard InChI is InChI=1S/C6H13NO/c1-3-7(2)4-6-5-8-6/h6H,3-5H2,1-2H3. The Morgan fingerprint density at radius 2 is 2.38 bits per heavy atom. The molecule has 0 aromatic carbocycles. The molecule has 0 aromatic rings. The van der Waals surface area contributed by atoms with Crippen molar-refractivity contribution in [1.82, 2.24) is 4.90 Å². The van der Waals surface area contributed by atoms with Crippen molar-refractivity contribution in [1.29, 1.82) is 0 Å². The number of ether oxygens (including phenoxy) is 1. The number of likely N-dealkylation sites (N-methyl/N-ethyl adjacent to an activating group) is 1. The predicted molar refractivity (Wildman–Crippen MR) is 32.9 cm³/mol. The molecule has 1 heterocycles. The van der Waals surface area contributed by atoms with E-state index in [1.807, 2.05) is 0 Å². The van der Waals surface area contributed by atoms with Gasteiger partial charge in [-0.2, -0.15) is 0 Å². The van der Waals surface area contributed by atoms with E-state index < -0.39 is 0 Å². The maximum atomic E-state index is 5.04. The van der Waals surface area contributed by atoms with Gasteiger partial charge in [-0.25, -0.2) is 0 Å². The highest BCUT2D eigenvalue weighted by Gasteiger charge is 2.22. The van der Waals surface area contributed by atoms with E-state index in [9.17, 15) is 0 Å². The second-order valence-electron chi connectivity index (χ2n) is 2.31. The van der Waals surface area contributed by atoms with Crippen LogP contribution < -0.4 is 0 Å². The summed E-state index contributed by atoms with van der Waals surface area (Å²) in [6.45, 7) is 5.36. The van der Waals surface area contributed by atoms with E-state index in [-0.39, 0.29) is 0 Å². The van der Waals surface area contributed by atoms with E-state index in [4.69, 9.17) is 4.74 Å². The van der Waals surface area contributed by atoms with E-state index >= 15 is 0 Å². The van der Waals surface area contributed by atoms with Crippen LogP contribution in [0.2, 0.25) is 0 Å². The molecule has 2 heteroatoms. The van der Waals surface area contributed by atoms with Gasteiger partial charge in [0.05, 0.1) is 12.7 Å². The first-order valence-corrected chi connectivity index (χ1v) is 3.13. The number of nitrogens with zero attached hydrogens (tertiary/aromatic N) is 1. The van der Waals surface area contributed by atoms with Crippen LogP contribution in [0.5, 0.6) is 0 Å². The molecule has 1 aliphatic heterocycles. The zero-order valence-electron chi connectivity index (χ0n) is 5.55. The largest absolute Gasteiger partial charge is 0.372 e. The summed E-state index contributed by atoms with van der Waals surface area (Å²) in [5.41, 5.74) is 0. The molecule has 0 saturated carbocycles. The molecule has 0 bridgehead atoms. The maximum Gasteiger partial charge on any atom is 0.0936 e. The van der Waals surface area contributed by atoms with Crippen LogP contribution >= 0.6 is 0 Å². The number of hydrogen-bond acceptors (Lipinski definition) is 2. The molecule has 0 radical (unpaired) electrons. The van der Waals surface area contributed by atoms with Gasteiger partial charge in [-0.15, -0.1) is 0 Å². The molecule has 0 aliphatic carbocycles. The molecule has 0 spiro atoms. The average molecular weight is 115 g/mol. The highest BCUT2D eigenvalue weighted by atomic mass is 16.6. The van der Waals surface area contributed by atoms with Gasteiger partial charge in [0.15, 0.2) is 0 Å². The minimum Gasteiger partial charge on any atom is -0.372 e. The van der Waals surface area contributed by atoms with E-state index in [1.165, 1.54) is 0 Å². The van der Waals surface area contributed by atoms with Gasteiger partial charge in [0.25, 0.3) is 0 Å². The fourth-order valence-corrected chi connectivity index (χ4v) is 0.650. The monoisotopic (exact) mass is 115 g/mol. The van der Waals surface area contributed by atoms with Gasteiger partial charge in [0.2, 0.25) is 0 Å². The average Bonchev–Trinajstić information content (AvgIpc) is 2.50. The molecule has 0 aromatic heterocycles. The summed E-state index contributed by atoms with van der Waals surface area (Å²) in [7, 11) is 2.11.